The Labute approximate surface area is 170 Å². The first kappa shape index (κ1) is 21.9. The van der Waals surface area contributed by atoms with E-state index in [-0.39, 0.29) is 18.0 Å². The summed E-state index contributed by atoms with van der Waals surface area (Å²) in [5.41, 5.74) is 1.34. The summed E-state index contributed by atoms with van der Waals surface area (Å²) < 4.78 is 5.58. The molecule has 156 valence electrons. The highest BCUT2D eigenvalue weighted by molar-refractivity contribution is 5.98. The number of rotatable bonds is 9. The van der Waals surface area contributed by atoms with E-state index in [1.807, 2.05) is 20.8 Å². The summed E-state index contributed by atoms with van der Waals surface area (Å²) in [6.07, 6.45) is 0.839. The normalized spacial score (nSPS) is 10.4. The molecule has 2 aromatic rings. The lowest BCUT2D eigenvalue weighted by Gasteiger charge is -2.12. The number of anilines is 3. The van der Waals surface area contributed by atoms with E-state index in [4.69, 9.17) is 4.74 Å². The van der Waals surface area contributed by atoms with Crippen LogP contribution < -0.4 is 26.0 Å². The van der Waals surface area contributed by atoms with Crippen LogP contribution in [0.1, 0.15) is 32.9 Å². The van der Waals surface area contributed by atoms with E-state index in [1.165, 1.54) is 6.92 Å². The van der Waals surface area contributed by atoms with Crippen LogP contribution in [0.15, 0.2) is 30.3 Å². The third-order valence-corrected chi connectivity index (χ3v) is 3.60. The Bertz CT molecular complexity index is 823. The van der Waals surface area contributed by atoms with Gasteiger partial charge in [-0.1, -0.05) is 0 Å². The summed E-state index contributed by atoms with van der Waals surface area (Å²) in [7, 11) is 0. The molecular weight excluding hydrogens is 372 g/mol. The molecule has 0 atom stereocenters. The number of ether oxygens (including phenoxy) is 1. The minimum absolute atomic E-state index is 0.0533. The largest absolute Gasteiger partial charge is 0.491 e. The van der Waals surface area contributed by atoms with E-state index in [1.54, 1.807) is 30.3 Å². The molecule has 9 heteroatoms. The molecule has 4 N–H and O–H groups in total. The van der Waals surface area contributed by atoms with Crippen molar-refractivity contribution in [3.05, 3.63) is 36.0 Å². The average Bonchev–Trinajstić information content (AvgIpc) is 2.62. The van der Waals surface area contributed by atoms with Crippen LogP contribution in [-0.2, 0) is 4.79 Å². The van der Waals surface area contributed by atoms with Gasteiger partial charge in [-0.25, -0.2) is 9.78 Å². The maximum Gasteiger partial charge on any atom is 0.326 e. The molecule has 0 radical (unpaired) electrons. The van der Waals surface area contributed by atoms with Crippen molar-refractivity contribution in [1.82, 2.24) is 15.3 Å². The molecule has 0 aliphatic heterocycles. The molecule has 2 rings (SSSR count). The highest BCUT2D eigenvalue weighted by Gasteiger charge is 2.08. The van der Waals surface area contributed by atoms with Crippen LogP contribution in [0.2, 0.25) is 0 Å². The zero-order valence-electron chi connectivity index (χ0n) is 17.2. The lowest BCUT2D eigenvalue weighted by Crippen LogP contribution is -2.23. The molecule has 0 fully saturated rings. The maximum atomic E-state index is 12.2. The van der Waals surface area contributed by atoms with Gasteiger partial charge in [0.25, 0.3) is 0 Å². The number of urea groups is 1. The fourth-order valence-electron chi connectivity index (χ4n) is 2.44. The zero-order valence-corrected chi connectivity index (χ0v) is 17.2. The second-order valence-electron chi connectivity index (χ2n) is 6.75. The quantitative estimate of drug-likeness (QED) is 0.480. The van der Waals surface area contributed by atoms with Gasteiger partial charge in [0.1, 0.15) is 11.6 Å². The fraction of sp³-hybridized carbons (Fsp3) is 0.400. The van der Waals surface area contributed by atoms with Gasteiger partial charge in [0.05, 0.1) is 6.10 Å². The van der Waals surface area contributed by atoms with Crippen LogP contribution in [0.4, 0.5) is 22.2 Å². The molecule has 1 heterocycles. The molecule has 9 nitrogen and oxygen atoms in total. The molecule has 0 saturated carbocycles. The number of benzene rings is 1. The van der Waals surface area contributed by atoms with Crippen molar-refractivity contribution < 1.29 is 14.3 Å². The van der Waals surface area contributed by atoms with Gasteiger partial charge < -0.3 is 20.7 Å². The van der Waals surface area contributed by atoms with Gasteiger partial charge in [0, 0.05) is 37.5 Å². The third-order valence-electron chi connectivity index (χ3n) is 3.60. The van der Waals surface area contributed by atoms with Gasteiger partial charge in [0.15, 0.2) is 0 Å². The number of carbonyl (C=O) groups excluding carboxylic acids is 2. The van der Waals surface area contributed by atoms with Crippen molar-refractivity contribution in [1.29, 1.82) is 0 Å². The number of nitrogens with one attached hydrogen (secondary N) is 4. The van der Waals surface area contributed by atoms with Crippen LogP contribution in [0.25, 0.3) is 0 Å². The Morgan fingerprint density at radius 1 is 1.07 bits per heavy atom. The smallest absolute Gasteiger partial charge is 0.326 e. The Hall–Kier alpha value is -3.36. The highest BCUT2D eigenvalue weighted by atomic mass is 16.5. The summed E-state index contributed by atoms with van der Waals surface area (Å²) in [4.78, 5) is 31.6. The number of aryl methyl sites for hydroxylation is 1. The van der Waals surface area contributed by atoms with Crippen molar-refractivity contribution in [2.24, 2.45) is 0 Å². The van der Waals surface area contributed by atoms with Gasteiger partial charge >= 0.3 is 6.03 Å². The number of hydrogen-bond acceptors (Lipinski definition) is 6. The number of carbonyl (C=O) groups is 2. The highest BCUT2D eigenvalue weighted by Crippen LogP contribution is 2.17. The molecule has 0 bridgehead atoms. The average molecular weight is 400 g/mol. The standard InChI is InChI=1S/C20H28N6O3/c1-13(2)29-17-8-6-16(7-9-17)24-20(28)26-19-23-14(3)12-18(25-19)22-11-5-10-21-15(4)27/h6-9,12-13H,5,10-11H2,1-4H3,(H,21,27)(H3,22,23,24,25,26,28). The molecule has 0 spiro atoms. The van der Waals surface area contributed by atoms with Gasteiger partial charge in [-0.15, -0.1) is 0 Å². The van der Waals surface area contributed by atoms with Gasteiger partial charge in [0.2, 0.25) is 11.9 Å². The summed E-state index contributed by atoms with van der Waals surface area (Å²) in [5.74, 6) is 1.49. The first-order valence-electron chi connectivity index (χ1n) is 9.50. The van der Waals surface area contributed by atoms with Gasteiger partial charge in [-0.3, -0.25) is 10.1 Å². The summed E-state index contributed by atoms with van der Waals surface area (Å²) in [6, 6.07) is 8.45. The molecule has 1 aromatic heterocycles. The van der Waals surface area contributed by atoms with Crippen LogP contribution >= 0.6 is 0 Å². The van der Waals surface area contributed by atoms with Crippen molar-refractivity contribution in [2.75, 3.05) is 29.0 Å². The predicted octanol–water partition coefficient (Wildman–Crippen LogP) is 3.15. The predicted molar refractivity (Wildman–Crippen MR) is 113 cm³/mol. The minimum Gasteiger partial charge on any atom is -0.491 e. The second kappa shape index (κ2) is 10.8. The first-order valence-corrected chi connectivity index (χ1v) is 9.50. The molecule has 0 aliphatic rings. The molecule has 0 unspecified atom stereocenters. The summed E-state index contributed by atoms with van der Waals surface area (Å²) in [6.45, 7) is 8.42. The first-order chi connectivity index (χ1) is 13.8. The number of amides is 3. The summed E-state index contributed by atoms with van der Waals surface area (Å²) >= 11 is 0. The third kappa shape index (κ3) is 8.46. The van der Waals surface area contributed by atoms with Crippen LogP contribution in [0.3, 0.4) is 0 Å². The van der Waals surface area contributed by atoms with E-state index >= 15 is 0 Å². The Morgan fingerprint density at radius 3 is 2.45 bits per heavy atom. The zero-order chi connectivity index (χ0) is 21.2. The number of aromatic nitrogens is 2. The van der Waals surface area contributed by atoms with Gasteiger partial charge in [-0.05, 0) is 51.5 Å². The van der Waals surface area contributed by atoms with Crippen LogP contribution in [0.5, 0.6) is 5.75 Å². The van der Waals surface area contributed by atoms with E-state index in [0.29, 0.717) is 24.6 Å². The molecule has 3 amide bonds. The lowest BCUT2D eigenvalue weighted by molar-refractivity contribution is -0.118. The van der Waals surface area contributed by atoms with E-state index in [2.05, 4.69) is 31.2 Å². The van der Waals surface area contributed by atoms with E-state index < -0.39 is 6.03 Å². The minimum atomic E-state index is -0.440. The van der Waals surface area contributed by atoms with Crippen molar-refractivity contribution in [2.45, 2.75) is 40.2 Å². The molecule has 0 aliphatic carbocycles. The lowest BCUT2D eigenvalue weighted by atomic mass is 10.3. The summed E-state index contributed by atoms with van der Waals surface area (Å²) in [5, 5.41) is 11.3. The SMILES string of the molecule is CC(=O)NCCCNc1cc(C)nc(NC(=O)Nc2ccc(OC(C)C)cc2)n1. The van der Waals surface area contributed by atoms with E-state index in [9.17, 15) is 9.59 Å². The molecule has 0 saturated heterocycles. The Balaban J connectivity index is 1.87. The van der Waals surface area contributed by atoms with Crippen molar-refractivity contribution in [3.8, 4) is 5.75 Å². The number of hydrogen-bond donors (Lipinski definition) is 4. The Morgan fingerprint density at radius 2 is 1.79 bits per heavy atom. The topological polar surface area (TPSA) is 117 Å². The fourth-order valence-corrected chi connectivity index (χ4v) is 2.44. The van der Waals surface area contributed by atoms with Crippen molar-refractivity contribution >= 4 is 29.4 Å². The molecule has 29 heavy (non-hydrogen) atoms. The van der Waals surface area contributed by atoms with Crippen molar-refractivity contribution in [3.63, 3.8) is 0 Å². The second-order valence-corrected chi connectivity index (χ2v) is 6.75. The monoisotopic (exact) mass is 400 g/mol. The van der Waals surface area contributed by atoms with Crippen LogP contribution in [0, 0.1) is 6.92 Å². The molecule has 1 aromatic carbocycles. The van der Waals surface area contributed by atoms with Gasteiger partial charge in [-0.2, -0.15) is 4.98 Å². The Kier molecular flexibility index (Phi) is 8.20. The number of nitrogens with zero attached hydrogens (tertiary/aromatic N) is 2. The molecular formula is C20H28N6O3. The van der Waals surface area contributed by atoms with Crippen LogP contribution in [-0.4, -0.2) is 41.1 Å². The van der Waals surface area contributed by atoms with E-state index in [0.717, 1.165) is 17.9 Å². The maximum absolute atomic E-state index is 12.2.